The number of aromatic nitrogens is 4. The standard InChI is InChI=1S/C12H16N4O2S/c1-5-6-19-10-8-9(15(4)11(17)14-10)13-12(18)16(8)7(2)3/h5,7H,1,6H2,2-4H3,(H,13,18). The first kappa shape index (κ1) is 13.7. The molecule has 6 nitrogen and oxygen atoms in total. The van der Waals surface area contributed by atoms with Gasteiger partial charge in [-0.2, -0.15) is 4.98 Å². The van der Waals surface area contributed by atoms with Gasteiger partial charge in [0.2, 0.25) is 0 Å². The number of H-pyrrole nitrogens is 1. The molecule has 0 aromatic carbocycles. The second-order valence-corrected chi connectivity index (χ2v) is 5.46. The van der Waals surface area contributed by atoms with Crippen LogP contribution in [0.3, 0.4) is 0 Å². The molecule has 1 N–H and O–H groups in total. The van der Waals surface area contributed by atoms with Crippen molar-refractivity contribution in [2.75, 3.05) is 5.75 Å². The average Bonchev–Trinajstić information content (AvgIpc) is 2.70. The third-order valence-corrected chi connectivity index (χ3v) is 3.75. The lowest BCUT2D eigenvalue weighted by molar-refractivity contribution is 0.593. The van der Waals surface area contributed by atoms with Crippen molar-refractivity contribution in [3.63, 3.8) is 0 Å². The molecule has 102 valence electrons. The van der Waals surface area contributed by atoms with Crippen LogP contribution >= 0.6 is 11.8 Å². The fourth-order valence-corrected chi connectivity index (χ4v) is 2.68. The molecule has 0 aliphatic rings. The van der Waals surface area contributed by atoms with Crippen molar-refractivity contribution in [1.29, 1.82) is 0 Å². The van der Waals surface area contributed by atoms with Gasteiger partial charge in [-0.1, -0.05) is 17.8 Å². The Bertz CT molecular complexity index is 738. The Balaban J connectivity index is 2.87. The van der Waals surface area contributed by atoms with Crippen molar-refractivity contribution in [3.05, 3.63) is 33.6 Å². The van der Waals surface area contributed by atoms with E-state index in [2.05, 4.69) is 16.5 Å². The summed E-state index contributed by atoms with van der Waals surface area (Å²) in [4.78, 5) is 30.6. The predicted molar refractivity (Wildman–Crippen MR) is 76.9 cm³/mol. The molecule has 7 heteroatoms. The molecule has 0 spiro atoms. The van der Waals surface area contributed by atoms with E-state index >= 15 is 0 Å². The molecule has 0 saturated heterocycles. The lowest BCUT2D eigenvalue weighted by Crippen LogP contribution is -2.22. The van der Waals surface area contributed by atoms with Gasteiger partial charge in [0.15, 0.2) is 0 Å². The average molecular weight is 280 g/mol. The van der Waals surface area contributed by atoms with E-state index in [1.165, 1.54) is 16.3 Å². The van der Waals surface area contributed by atoms with Crippen molar-refractivity contribution in [2.45, 2.75) is 24.9 Å². The molecule has 19 heavy (non-hydrogen) atoms. The Morgan fingerprint density at radius 1 is 1.47 bits per heavy atom. The van der Waals surface area contributed by atoms with Crippen LogP contribution in [0.5, 0.6) is 0 Å². The fourth-order valence-electron chi connectivity index (χ4n) is 1.93. The van der Waals surface area contributed by atoms with Crippen LogP contribution in [-0.4, -0.2) is 24.9 Å². The molecular formula is C12H16N4O2S. The molecule has 0 atom stereocenters. The minimum Gasteiger partial charge on any atom is -0.291 e. The smallest absolute Gasteiger partial charge is 0.291 e. The van der Waals surface area contributed by atoms with E-state index in [0.29, 0.717) is 21.9 Å². The first-order chi connectivity index (χ1) is 8.97. The molecule has 0 aliphatic heterocycles. The Kier molecular flexibility index (Phi) is 3.66. The molecule has 0 amide bonds. The van der Waals surface area contributed by atoms with E-state index in [4.69, 9.17) is 0 Å². The highest BCUT2D eigenvalue weighted by atomic mass is 32.2. The summed E-state index contributed by atoms with van der Waals surface area (Å²) in [6.45, 7) is 7.49. The lowest BCUT2D eigenvalue weighted by atomic mass is 10.4. The van der Waals surface area contributed by atoms with Gasteiger partial charge >= 0.3 is 11.4 Å². The Morgan fingerprint density at radius 2 is 2.16 bits per heavy atom. The zero-order valence-corrected chi connectivity index (χ0v) is 12.0. The minimum atomic E-state index is -0.379. The summed E-state index contributed by atoms with van der Waals surface area (Å²) in [7, 11) is 1.60. The van der Waals surface area contributed by atoms with Crippen LogP contribution in [0.2, 0.25) is 0 Å². The maximum atomic E-state index is 12.0. The number of hydrogen-bond donors (Lipinski definition) is 1. The van der Waals surface area contributed by atoms with E-state index in [0.717, 1.165) is 0 Å². The summed E-state index contributed by atoms with van der Waals surface area (Å²) in [5.41, 5.74) is 0.573. The van der Waals surface area contributed by atoms with Gasteiger partial charge in [0, 0.05) is 18.8 Å². The second-order valence-electron chi connectivity index (χ2n) is 4.45. The van der Waals surface area contributed by atoms with Gasteiger partial charge < -0.3 is 0 Å². The first-order valence-electron chi connectivity index (χ1n) is 5.92. The monoisotopic (exact) mass is 280 g/mol. The topological polar surface area (TPSA) is 72.7 Å². The highest BCUT2D eigenvalue weighted by molar-refractivity contribution is 7.99. The maximum absolute atomic E-state index is 12.0. The molecule has 2 rings (SSSR count). The van der Waals surface area contributed by atoms with Crippen molar-refractivity contribution in [2.24, 2.45) is 7.05 Å². The molecule has 0 radical (unpaired) electrons. The van der Waals surface area contributed by atoms with Crippen molar-refractivity contribution < 1.29 is 0 Å². The van der Waals surface area contributed by atoms with Crippen LogP contribution in [-0.2, 0) is 7.05 Å². The summed E-state index contributed by atoms with van der Waals surface area (Å²) in [6, 6.07) is -0.0105. The predicted octanol–water partition coefficient (Wildman–Crippen LogP) is 1.28. The van der Waals surface area contributed by atoms with Gasteiger partial charge in [-0.15, -0.1) is 6.58 Å². The first-order valence-corrected chi connectivity index (χ1v) is 6.90. The SMILES string of the molecule is C=CCSc1nc(=O)n(C)c2[nH]c(=O)n(C(C)C)c12. The number of nitrogens with zero attached hydrogens (tertiary/aromatic N) is 3. The molecule has 0 unspecified atom stereocenters. The van der Waals surface area contributed by atoms with Crippen LogP contribution in [0, 0.1) is 0 Å². The van der Waals surface area contributed by atoms with Gasteiger partial charge in [0.25, 0.3) is 0 Å². The number of thioether (sulfide) groups is 1. The van der Waals surface area contributed by atoms with Crippen molar-refractivity contribution in [1.82, 2.24) is 19.1 Å². The van der Waals surface area contributed by atoms with Crippen LogP contribution in [0.15, 0.2) is 27.3 Å². The summed E-state index contributed by atoms with van der Waals surface area (Å²) in [6.07, 6.45) is 1.74. The van der Waals surface area contributed by atoms with E-state index < -0.39 is 0 Å². The Labute approximate surface area is 114 Å². The second kappa shape index (κ2) is 5.08. The van der Waals surface area contributed by atoms with Crippen LogP contribution in [0.4, 0.5) is 0 Å². The molecule has 0 bridgehead atoms. The molecule has 2 aromatic heterocycles. The fraction of sp³-hybridized carbons (Fsp3) is 0.417. The van der Waals surface area contributed by atoms with E-state index in [1.54, 1.807) is 17.7 Å². The van der Waals surface area contributed by atoms with Gasteiger partial charge in [0.1, 0.15) is 16.2 Å². The molecule has 0 saturated carbocycles. The summed E-state index contributed by atoms with van der Waals surface area (Å²) >= 11 is 1.40. The van der Waals surface area contributed by atoms with Gasteiger partial charge in [-0.25, -0.2) is 9.59 Å². The quantitative estimate of drug-likeness (QED) is 0.520. The largest absolute Gasteiger partial charge is 0.350 e. The molecular weight excluding hydrogens is 264 g/mol. The van der Waals surface area contributed by atoms with Crippen LogP contribution in [0.25, 0.3) is 11.2 Å². The lowest BCUT2D eigenvalue weighted by Gasteiger charge is -2.10. The van der Waals surface area contributed by atoms with Gasteiger partial charge in [-0.3, -0.25) is 14.1 Å². The Hall–Kier alpha value is -1.76. The van der Waals surface area contributed by atoms with E-state index in [1.807, 2.05) is 13.8 Å². The van der Waals surface area contributed by atoms with Crippen LogP contribution < -0.4 is 11.4 Å². The van der Waals surface area contributed by atoms with E-state index in [-0.39, 0.29) is 17.4 Å². The normalized spacial score (nSPS) is 11.4. The van der Waals surface area contributed by atoms with Gasteiger partial charge in [-0.05, 0) is 13.8 Å². The number of nitrogens with one attached hydrogen (secondary N) is 1. The zero-order valence-electron chi connectivity index (χ0n) is 11.1. The number of fused-ring (bicyclic) bond motifs is 1. The number of rotatable bonds is 4. The summed E-state index contributed by atoms with van der Waals surface area (Å²) in [5, 5.41) is 0.560. The number of imidazole rings is 1. The van der Waals surface area contributed by atoms with Crippen molar-refractivity contribution in [3.8, 4) is 0 Å². The number of aryl methyl sites for hydroxylation is 1. The van der Waals surface area contributed by atoms with Crippen LogP contribution in [0.1, 0.15) is 19.9 Å². The summed E-state index contributed by atoms with van der Waals surface area (Å²) in [5.74, 6) is 0.632. The zero-order chi connectivity index (χ0) is 14.2. The number of aromatic amines is 1. The molecule has 0 aliphatic carbocycles. The van der Waals surface area contributed by atoms with Gasteiger partial charge in [0.05, 0.1) is 0 Å². The highest BCUT2D eigenvalue weighted by Gasteiger charge is 2.18. The maximum Gasteiger partial charge on any atom is 0.350 e. The minimum absolute atomic E-state index is 0.0105. The molecule has 2 aromatic rings. The van der Waals surface area contributed by atoms with E-state index in [9.17, 15) is 9.59 Å². The third-order valence-electron chi connectivity index (χ3n) is 2.79. The third kappa shape index (κ3) is 2.25. The van der Waals surface area contributed by atoms with Crippen molar-refractivity contribution >= 4 is 22.9 Å². The molecule has 0 fully saturated rings. The number of hydrogen-bond acceptors (Lipinski definition) is 4. The molecule has 2 heterocycles. The highest BCUT2D eigenvalue weighted by Crippen LogP contribution is 2.24. The Morgan fingerprint density at radius 3 is 2.74 bits per heavy atom. The summed E-state index contributed by atoms with van der Waals surface area (Å²) < 4.78 is 2.97.